The molecule has 2 rings (SSSR count). The summed E-state index contributed by atoms with van der Waals surface area (Å²) < 4.78 is 0. The van der Waals surface area contributed by atoms with E-state index >= 15 is 0 Å². The first-order chi connectivity index (χ1) is 14.1. The van der Waals surface area contributed by atoms with Crippen LogP contribution in [0.5, 0.6) is 0 Å². The Kier molecular flexibility index (Phi) is 8.16. The van der Waals surface area contributed by atoms with Crippen molar-refractivity contribution >= 4 is 29.6 Å². The number of aliphatic carboxylic acids is 1. The van der Waals surface area contributed by atoms with E-state index in [1.807, 2.05) is 0 Å². The maximum atomic E-state index is 12.8. The number of nitrogens with one attached hydrogen (secondary N) is 1. The molecule has 6 N–H and O–H groups in total. The van der Waals surface area contributed by atoms with Gasteiger partial charge in [-0.05, 0) is 38.1 Å². The van der Waals surface area contributed by atoms with Crippen LogP contribution in [0.3, 0.4) is 0 Å². The van der Waals surface area contributed by atoms with Crippen LogP contribution >= 0.6 is 0 Å². The van der Waals surface area contributed by atoms with Gasteiger partial charge in [0.15, 0.2) is 0 Å². The van der Waals surface area contributed by atoms with Crippen LogP contribution in [0, 0.1) is 17.8 Å². The molecule has 11 nitrogen and oxygen atoms in total. The van der Waals surface area contributed by atoms with Gasteiger partial charge in [-0.1, -0.05) is 6.92 Å². The van der Waals surface area contributed by atoms with Crippen LogP contribution in [0.2, 0.25) is 0 Å². The Bertz CT molecular complexity index is 691. The summed E-state index contributed by atoms with van der Waals surface area (Å²) in [7, 11) is 0. The van der Waals surface area contributed by atoms with Crippen molar-refractivity contribution in [2.24, 2.45) is 29.2 Å². The van der Waals surface area contributed by atoms with Gasteiger partial charge in [0.2, 0.25) is 23.6 Å². The third kappa shape index (κ3) is 5.68. The van der Waals surface area contributed by atoms with E-state index in [9.17, 15) is 24.0 Å². The molecule has 168 valence electrons. The third-order valence-corrected chi connectivity index (χ3v) is 6.04. The molecule has 1 saturated heterocycles. The van der Waals surface area contributed by atoms with Gasteiger partial charge in [-0.25, -0.2) is 0 Å². The Morgan fingerprint density at radius 3 is 2.33 bits per heavy atom. The summed E-state index contributed by atoms with van der Waals surface area (Å²) in [6, 6.07) is -1.19. The predicted molar refractivity (Wildman–Crippen MR) is 106 cm³/mol. The molecule has 0 aromatic carbocycles. The fraction of sp³-hybridized carbons (Fsp3) is 0.737. The zero-order valence-corrected chi connectivity index (χ0v) is 17.2. The number of piperazine rings is 1. The van der Waals surface area contributed by atoms with Gasteiger partial charge in [-0.2, -0.15) is 0 Å². The highest BCUT2D eigenvalue weighted by molar-refractivity contribution is 5.96. The Morgan fingerprint density at radius 1 is 1.17 bits per heavy atom. The van der Waals surface area contributed by atoms with Crippen LogP contribution in [0.1, 0.15) is 32.6 Å². The molecular formula is C19H31N5O6. The summed E-state index contributed by atoms with van der Waals surface area (Å²) in [5, 5.41) is 11.6. The first-order valence-electron chi connectivity index (χ1n) is 10.2. The van der Waals surface area contributed by atoms with Gasteiger partial charge in [-0.15, -0.1) is 0 Å². The van der Waals surface area contributed by atoms with Crippen molar-refractivity contribution < 1.29 is 29.1 Å². The Morgan fingerprint density at radius 2 is 1.80 bits per heavy atom. The van der Waals surface area contributed by atoms with E-state index in [0.717, 1.165) is 30.6 Å². The minimum atomic E-state index is -1.19. The summed E-state index contributed by atoms with van der Waals surface area (Å²) in [6.07, 6.45) is 3.19. The van der Waals surface area contributed by atoms with Crippen LogP contribution in [-0.4, -0.2) is 83.3 Å². The predicted octanol–water partition coefficient (Wildman–Crippen LogP) is -1.89. The fourth-order valence-corrected chi connectivity index (χ4v) is 4.11. The third-order valence-electron chi connectivity index (χ3n) is 6.04. The molecule has 11 heteroatoms. The van der Waals surface area contributed by atoms with Gasteiger partial charge in [0.05, 0.1) is 12.5 Å². The van der Waals surface area contributed by atoms with Crippen LogP contribution < -0.4 is 16.8 Å². The van der Waals surface area contributed by atoms with E-state index in [1.54, 1.807) is 0 Å². The lowest BCUT2D eigenvalue weighted by Gasteiger charge is -2.42. The molecule has 0 bridgehead atoms. The maximum absolute atomic E-state index is 12.8. The standard InChI is InChI=1S/C19H31N5O6/c1-11(17(21)28)16-19(30)23(10-15(26)27)6-7-24(16)14(25)9-22-18(29)13-4-2-12(8-20)3-5-13/h11-13,16H,2-10,20H2,1H3,(H2,21,28)(H,22,29)(H,26,27)/t11?,12?,13?,16-/m0/s1. The molecule has 1 unspecified atom stereocenters. The van der Waals surface area contributed by atoms with Crippen LogP contribution in [0.15, 0.2) is 0 Å². The van der Waals surface area contributed by atoms with E-state index in [2.05, 4.69) is 5.32 Å². The lowest BCUT2D eigenvalue weighted by Crippen LogP contribution is -2.64. The summed E-state index contributed by atoms with van der Waals surface area (Å²) in [4.78, 5) is 62.9. The molecular weight excluding hydrogens is 394 g/mol. The van der Waals surface area contributed by atoms with Crippen LogP contribution in [0.4, 0.5) is 0 Å². The number of rotatable bonds is 8. The van der Waals surface area contributed by atoms with E-state index in [-0.39, 0.29) is 31.5 Å². The van der Waals surface area contributed by atoms with E-state index in [0.29, 0.717) is 12.5 Å². The minimum Gasteiger partial charge on any atom is -0.480 e. The number of hydrogen-bond donors (Lipinski definition) is 4. The van der Waals surface area contributed by atoms with Crippen molar-refractivity contribution in [2.45, 2.75) is 38.6 Å². The summed E-state index contributed by atoms with van der Waals surface area (Å²) in [5.41, 5.74) is 11.0. The van der Waals surface area contributed by atoms with Crippen molar-refractivity contribution in [1.29, 1.82) is 0 Å². The monoisotopic (exact) mass is 425 g/mol. The Hall–Kier alpha value is -2.69. The number of hydrogen-bond acceptors (Lipinski definition) is 6. The number of carboxylic acid groups (broad SMARTS) is 1. The number of carbonyl (C=O) groups excluding carboxylic acids is 4. The minimum absolute atomic E-state index is 0.0237. The van der Waals surface area contributed by atoms with Gasteiger partial charge >= 0.3 is 5.97 Å². The molecule has 2 fully saturated rings. The maximum Gasteiger partial charge on any atom is 0.323 e. The average molecular weight is 425 g/mol. The zero-order chi connectivity index (χ0) is 22.4. The highest BCUT2D eigenvalue weighted by Gasteiger charge is 2.43. The number of primary amides is 1. The number of amides is 4. The second kappa shape index (κ2) is 10.4. The second-order valence-electron chi connectivity index (χ2n) is 8.05. The molecule has 1 heterocycles. The van der Waals surface area contributed by atoms with Gasteiger partial charge in [0, 0.05) is 19.0 Å². The molecule has 0 aromatic heterocycles. The average Bonchev–Trinajstić information content (AvgIpc) is 2.72. The lowest BCUT2D eigenvalue weighted by atomic mass is 9.81. The van der Waals surface area contributed by atoms with Gasteiger partial charge in [-0.3, -0.25) is 24.0 Å². The van der Waals surface area contributed by atoms with E-state index in [1.165, 1.54) is 11.8 Å². The fourth-order valence-electron chi connectivity index (χ4n) is 4.11. The molecule has 1 aliphatic carbocycles. The number of carboxylic acids is 1. The first-order valence-corrected chi connectivity index (χ1v) is 10.2. The van der Waals surface area contributed by atoms with Crippen molar-refractivity contribution in [2.75, 3.05) is 32.7 Å². The molecule has 1 aliphatic heterocycles. The van der Waals surface area contributed by atoms with Crippen molar-refractivity contribution in [3.63, 3.8) is 0 Å². The number of nitrogens with zero attached hydrogens (tertiary/aromatic N) is 2. The quantitative estimate of drug-likeness (QED) is 0.351. The molecule has 2 atom stereocenters. The van der Waals surface area contributed by atoms with E-state index in [4.69, 9.17) is 16.6 Å². The molecule has 0 aromatic rings. The van der Waals surface area contributed by atoms with Crippen molar-refractivity contribution in [1.82, 2.24) is 15.1 Å². The van der Waals surface area contributed by atoms with Crippen molar-refractivity contribution in [3.05, 3.63) is 0 Å². The topological polar surface area (TPSA) is 176 Å². The molecule has 0 spiro atoms. The number of nitrogens with two attached hydrogens (primary N) is 2. The second-order valence-corrected chi connectivity index (χ2v) is 8.05. The Balaban J connectivity index is 2.00. The largest absolute Gasteiger partial charge is 0.480 e. The van der Waals surface area contributed by atoms with Gasteiger partial charge < -0.3 is 31.7 Å². The first kappa shape index (κ1) is 23.6. The zero-order valence-electron chi connectivity index (χ0n) is 17.2. The lowest BCUT2D eigenvalue weighted by molar-refractivity contribution is -0.158. The number of carbonyl (C=O) groups is 5. The SMILES string of the molecule is CC(C(N)=O)[C@H]1C(=O)N(CC(=O)O)CCN1C(=O)CNC(=O)C1CCC(CN)CC1. The summed E-state index contributed by atoms with van der Waals surface area (Å²) >= 11 is 0. The van der Waals surface area contributed by atoms with Gasteiger partial charge in [0.1, 0.15) is 12.6 Å². The van der Waals surface area contributed by atoms with Crippen LogP contribution in [0.25, 0.3) is 0 Å². The summed E-state index contributed by atoms with van der Waals surface area (Å²) in [5.74, 6) is -4.08. The molecule has 0 radical (unpaired) electrons. The molecule has 4 amide bonds. The Labute approximate surface area is 175 Å². The van der Waals surface area contributed by atoms with E-state index < -0.39 is 42.2 Å². The highest BCUT2D eigenvalue weighted by Crippen LogP contribution is 2.28. The summed E-state index contributed by atoms with van der Waals surface area (Å²) in [6.45, 7) is 1.28. The molecule has 30 heavy (non-hydrogen) atoms. The van der Waals surface area contributed by atoms with Crippen molar-refractivity contribution in [3.8, 4) is 0 Å². The van der Waals surface area contributed by atoms with Gasteiger partial charge in [0.25, 0.3) is 0 Å². The smallest absolute Gasteiger partial charge is 0.323 e. The normalized spacial score (nSPS) is 25.5. The highest BCUT2D eigenvalue weighted by atomic mass is 16.4. The molecule has 2 aliphatic rings. The molecule has 1 saturated carbocycles. The van der Waals surface area contributed by atoms with Crippen LogP contribution in [-0.2, 0) is 24.0 Å².